The maximum atomic E-state index is 13.0. The van der Waals surface area contributed by atoms with Gasteiger partial charge in [0, 0.05) is 36.0 Å². The lowest BCUT2D eigenvalue weighted by Crippen LogP contribution is -2.48. The Morgan fingerprint density at radius 2 is 1.82 bits per heavy atom. The summed E-state index contributed by atoms with van der Waals surface area (Å²) in [6.45, 7) is 2.16. The smallest absolute Gasteiger partial charge is 0.422 e. The number of aromatic nitrogens is 1. The number of fused-ring (bicyclic) bond motifs is 1. The third-order valence-electron chi connectivity index (χ3n) is 5.02. The molecule has 6 nitrogen and oxygen atoms in total. The van der Waals surface area contributed by atoms with Crippen molar-refractivity contribution in [3.63, 3.8) is 0 Å². The van der Waals surface area contributed by atoms with E-state index in [9.17, 15) is 22.8 Å². The number of carbonyl (C=O) groups is 2. The molecule has 0 aliphatic carbocycles. The molecule has 3 N–H and O–H groups in total. The van der Waals surface area contributed by atoms with Crippen LogP contribution < -0.4 is 15.4 Å². The van der Waals surface area contributed by atoms with Gasteiger partial charge in [-0.1, -0.05) is 44.2 Å². The van der Waals surface area contributed by atoms with Crippen LogP contribution in [0.2, 0.25) is 0 Å². The first kappa shape index (κ1) is 24.2. The zero-order valence-corrected chi connectivity index (χ0v) is 18.3. The number of benzene rings is 2. The van der Waals surface area contributed by atoms with Crippen molar-refractivity contribution < 1.29 is 27.5 Å². The summed E-state index contributed by atoms with van der Waals surface area (Å²) in [5.41, 5.74) is 2.39. The summed E-state index contributed by atoms with van der Waals surface area (Å²) in [5, 5.41) is 6.51. The molecule has 0 radical (unpaired) electrons. The molecular weight excluding hydrogens is 435 g/mol. The Morgan fingerprint density at radius 1 is 1.06 bits per heavy atom. The van der Waals surface area contributed by atoms with Gasteiger partial charge >= 0.3 is 6.18 Å². The SMILES string of the molecule is CC(C)C(=O)NC(Cc1c[nH]c2ccccc12)C(=O)NCc1cccc(OCC(F)(F)F)c1. The largest absolute Gasteiger partial charge is 0.484 e. The predicted octanol–water partition coefficient (Wildman–Crippen LogP) is 4.11. The van der Waals surface area contributed by atoms with E-state index in [-0.39, 0.29) is 30.5 Å². The Morgan fingerprint density at radius 3 is 2.55 bits per heavy atom. The Kier molecular flexibility index (Phi) is 7.63. The van der Waals surface area contributed by atoms with Crippen LogP contribution in [0.3, 0.4) is 0 Å². The average Bonchev–Trinajstić information content (AvgIpc) is 3.18. The second-order valence-electron chi connectivity index (χ2n) is 8.05. The standard InChI is InChI=1S/C24H26F3N3O3/c1-15(2)22(31)30-21(11-17-13-28-20-9-4-3-8-19(17)20)23(32)29-12-16-6-5-7-18(10-16)33-14-24(25,26)27/h3-10,13,15,21,28H,11-12,14H2,1-2H3,(H,29,32)(H,30,31). The Labute approximate surface area is 189 Å². The summed E-state index contributed by atoms with van der Waals surface area (Å²) in [6, 6.07) is 12.9. The first-order valence-corrected chi connectivity index (χ1v) is 10.5. The van der Waals surface area contributed by atoms with E-state index in [4.69, 9.17) is 4.74 Å². The highest BCUT2D eigenvalue weighted by atomic mass is 19.4. The number of carbonyl (C=O) groups excluding carboxylic acids is 2. The monoisotopic (exact) mass is 461 g/mol. The molecule has 0 aliphatic heterocycles. The van der Waals surface area contributed by atoms with Gasteiger partial charge in [0.15, 0.2) is 6.61 Å². The molecule has 2 aromatic carbocycles. The van der Waals surface area contributed by atoms with E-state index in [0.29, 0.717) is 5.56 Å². The number of hydrogen-bond donors (Lipinski definition) is 3. The minimum Gasteiger partial charge on any atom is -0.484 e. The molecule has 0 fully saturated rings. The van der Waals surface area contributed by atoms with E-state index in [1.54, 1.807) is 26.0 Å². The molecule has 0 bridgehead atoms. The van der Waals surface area contributed by atoms with Gasteiger partial charge in [-0.05, 0) is 29.3 Å². The van der Waals surface area contributed by atoms with Crippen LogP contribution in [-0.2, 0) is 22.6 Å². The van der Waals surface area contributed by atoms with E-state index >= 15 is 0 Å². The van der Waals surface area contributed by atoms with Crippen molar-refractivity contribution in [3.8, 4) is 5.75 Å². The number of halogens is 3. The van der Waals surface area contributed by atoms with E-state index in [1.807, 2.05) is 30.5 Å². The van der Waals surface area contributed by atoms with Crippen molar-refractivity contribution in [2.45, 2.75) is 39.0 Å². The second-order valence-corrected chi connectivity index (χ2v) is 8.05. The van der Waals surface area contributed by atoms with Crippen molar-refractivity contribution in [3.05, 3.63) is 65.9 Å². The van der Waals surface area contributed by atoms with Gasteiger partial charge in [-0.25, -0.2) is 0 Å². The van der Waals surface area contributed by atoms with Crippen molar-refractivity contribution in [2.75, 3.05) is 6.61 Å². The van der Waals surface area contributed by atoms with Gasteiger partial charge in [0.2, 0.25) is 11.8 Å². The fourth-order valence-electron chi connectivity index (χ4n) is 3.29. The van der Waals surface area contributed by atoms with Crippen LogP contribution in [0.1, 0.15) is 25.0 Å². The fraction of sp³-hybridized carbons (Fsp3) is 0.333. The summed E-state index contributed by atoms with van der Waals surface area (Å²) in [7, 11) is 0. The number of ether oxygens (including phenoxy) is 1. The molecular formula is C24H26F3N3O3. The number of amides is 2. The summed E-state index contributed by atoms with van der Waals surface area (Å²) < 4.78 is 41.9. The first-order valence-electron chi connectivity index (χ1n) is 10.5. The molecule has 1 atom stereocenters. The fourth-order valence-corrected chi connectivity index (χ4v) is 3.29. The zero-order chi connectivity index (χ0) is 24.0. The molecule has 1 aromatic heterocycles. The zero-order valence-electron chi connectivity index (χ0n) is 18.3. The quantitative estimate of drug-likeness (QED) is 0.449. The third-order valence-corrected chi connectivity index (χ3v) is 5.02. The Balaban J connectivity index is 1.69. The maximum absolute atomic E-state index is 13.0. The third kappa shape index (κ3) is 7.00. The molecule has 2 amide bonds. The summed E-state index contributed by atoms with van der Waals surface area (Å²) in [4.78, 5) is 28.4. The second kappa shape index (κ2) is 10.4. The minimum atomic E-state index is -4.44. The van der Waals surface area contributed by atoms with Crippen LogP contribution in [0.15, 0.2) is 54.7 Å². The Bertz CT molecular complexity index is 1110. The van der Waals surface area contributed by atoms with Crippen LogP contribution in [-0.4, -0.2) is 35.6 Å². The van der Waals surface area contributed by atoms with E-state index in [0.717, 1.165) is 16.5 Å². The van der Waals surface area contributed by atoms with Gasteiger partial charge in [-0.2, -0.15) is 13.2 Å². The molecule has 0 saturated carbocycles. The highest BCUT2D eigenvalue weighted by molar-refractivity contribution is 5.90. The molecule has 0 spiro atoms. The molecule has 3 rings (SSSR count). The number of aromatic amines is 1. The molecule has 0 aliphatic rings. The van der Waals surface area contributed by atoms with Crippen molar-refractivity contribution >= 4 is 22.7 Å². The molecule has 9 heteroatoms. The van der Waals surface area contributed by atoms with Gasteiger partial charge in [-0.15, -0.1) is 0 Å². The van der Waals surface area contributed by atoms with Crippen molar-refractivity contribution in [1.29, 1.82) is 0 Å². The first-order chi connectivity index (χ1) is 15.6. The van der Waals surface area contributed by atoms with E-state index in [1.165, 1.54) is 12.1 Å². The number of hydrogen-bond acceptors (Lipinski definition) is 3. The van der Waals surface area contributed by atoms with Crippen molar-refractivity contribution in [1.82, 2.24) is 15.6 Å². The lowest BCUT2D eigenvalue weighted by Gasteiger charge is -2.20. The normalized spacial score (nSPS) is 12.5. The lowest BCUT2D eigenvalue weighted by atomic mass is 10.0. The van der Waals surface area contributed by atoms with Crippen LogP contribution >= 0.6 is 0 Å². The van der Waals surface area contributed by atoms with Crippen LogP contribution in [0, 0.1) is 5.92 Å². The number of alkyl halides is 3. The lowest BCUT2D eigenvalue weighted by molar-refractivity contribution is -0.153. The van der Waals surface area contributed by atoms with Gasteiger partial charge in [-0.3, -0.25) is 9.59 Å². The minimum absolute atomic E-state index is 0.0579. The molecule has 33 heavy (non-hydrogen) atoms. The van der Waals surface area contributed by atoms with Gasteiger partial charge in [0.05, 0.1) is 0 Å². The molecule has 0 saturated heterocycles. The van der Waals surface area contributed by atoms with Gasteiger partial charge in [0.1, 0.15) is 11.8 Å². The van der Waals surface area contributed by atoms with E-state index in [2.05, 4.69) is 15.6 Å². The maximum Gasteiger partial charge on any atom is 0.422 e. The molecule has 3 aromatic rings. The van der Waals surface area contributed by atoms with Gasteiger partial charge in [0.25, 0.3) is 0 Å². The van der Waals surface area contributed by atoms with Crippen LogP contribution in [0.25, 0.3) is 10.9 Å². The molecule has 1 unspecified atom stereocenters. The average molecular weight is 461 g/mol. The Hall–Kier alpha value is -3.49. The number of nitrogens with one attached hydrogen (secondary N) is 3. The number of para-hydroxylation sites is 1. The predicted molar refractivity (Wildman–Crippen MR) is 119 cm³/mol. The summed E-state index contributed by atoms with van der Waals surface area (Å²) >= 11 is 0. The summed E-state index contributed by atoms with van der Waals surface area (Å²) in [6.07, 6.45) is -2.34. The highest BCUT2D eigenvalue weighted by Crippen LogP contribution is 2.21. The highest BCUT2D eigenvalue weighted by Gasteiger charge is 2.28. The molecule has 1 heterocycles. The van der Waals surface area contributed by atoms with Crippen molar-refractivity contribution in [2.24, 2.45) is 5.92 Å². The van der Waals surface area contributed by atoms with Gasteiger partial charge < -0.3 is 20.4 Å². The molecule has 176 valence electrons. The number of H-pyrrole nitrogens is 1. The van der Waals surface area contributed by atoms with Crippen LogP contribution in [0.5, 0.6) is 5.75 Å². The van der Waals surface area contributed by atoms with Crippen LogP contribution in [0.4, 0.5) is 13.2 Å². The summed E-state index contributed by atoms with van der Waals surface area (Å²) in [5.74, 6) is -0.887. The topological polar surface area (TPSA) is 83.2 Å². The number of rotatable bonds is 9. The van der Waals surface area contributed by atoms with E-state index < -0.39 is 24.7 Å².